The Balaban J connectivity index is 1.42. The van der Waals surface area contributed by atoms with Gasteiger partial charge in [0.1, 0.15) is 5.03 Å². The van der Waals surface area contributed by atoms with Crippen LogP contribution in [0.1, 0.15) is 11.4 Å². The molecule has 2 heterocycles. The third kappa shape index (κ3) is 5.07. The molecule has 4 rings (SSSR count). The summed E-state index contributed by atoms with van der Waals surface area (Å²) in [5, 5.41) is 13.7. The molecule has 30 heavy (non-hydrogen) atoms. The molecule has 154 valence electrons. The second kappa shape index (κ2) is 9.25. The fourth-order valence-electron chi connectivity index (χ4n) is 2.77. The van der Waals surface area contributed by atoms with Crippen LogP contribution in [0, 0.1) is 0 Å². The zero-order valence-electron chi connectivity index (χ0n) is 15.8. The molecule has 0 fully saturated rings. The van der Waals surface area contributed by atoms with Gasteiger partial charge in [-0.1, -0.05) is 58.0 Å². The monoisotopic (exact) mass is 503 g/mol. The Hall–Kier alpha value is -2.27. The summed E-state index contributed by atoms with van der Waals surface area (Å²) in [6, 6.07) is 20.2. The SMILES string of the molecule is O=S(=O)(NCCc1nnc2ccc(SCc3ccc(Br)cc3)nn12)c1ccccc1. The van der Waals surface area contributed by atoms with E-state index in [0.29, 0.717) is 17.9 Å². The Morgan fingerprint density at radius 3 is 2.50 bits per heavy atom. The third-order valence-corrected chi connectivity index (χ3v) is 7.29. The topological polar surface area (TPSA) is 89.2 Å². The van der Waals surface area contributed by atoms with E-state index in [-0.39, 0.29) is 11.4 Å². The molecule has 2 aromatic heterocycles. The summed E-state index contributed by atoms with van der Waals surface area (Å²) in [5.41, 5.74) is 1.83. The van der Waals surface area contributed by atoms with Crippen LogP contribution in [0.2, 0.25) is 0 Å². The first kappa shape index (κ1) is 21.0. The maximum atomic E-state index is 12.3. The van der Waals surface area contributed by atoms with E-state index < -0.39 is 10.0 Å². The molecule has 0 saturated carbocycles. The molecule has 0 aliphatic heterocycles. The predicted octanol–water partition coefficient (Wildman–Crippen LogP) is 3.70. The molecule has 7 nitrogen and oxygen atoms in total. The Kier molecular flexibility index (Phi) is 6.47. The maximum Gasteiger partial charge on any atom is 0.240 e. The molecule has 4 aromatic rings. The molecule has 0 aliphatic carbocycles. The summed E-state index contributed by atoms with van der Waals surface area (Å²) in [5.74, 6) is 1.40. The second-order valence-electron chi connectivity index (χ2n) is 6.43. The minimum Gasteiger partial charge on any atom is -0.211 e. The second-order valence-corrected chi connectivity index (χ2v) is 10.1. The van der Waals surface area contributed by atoms with E-state index in [9.17, 15) is 8.42 Å². The zero-order chi connectivity index (χ0) is 21.0. The highest BCUT2D eigenvalue weighted by Crippen LogP contribution is 2.22. The van der Waals surface area contributed by atoms with Crippen LogP contribution in [0.25, 0.3) is 5.65 Å². The molecule has 0 aliphatic rings. The van der Waals surface area contributed by atoms with Gasteiger partial charge in [-0.25, -0.2) is 13.1 Å². The minimum atomic E-state index is -3.55. The lowest BCUT2D eigenvalue weighted by Crippen LogP contribution is -2.26. The largest absolute Gasteiger partial charge is 0.240 e. The van der Waals surface area contributed by atoms with Gasteiger partial charge in [0.2, 0.25) is 10.0 Å². The van der Waals surface area contributed by atoms with Crippen molar-refractivity contribution < 1.29 is 8.42 Å². The van der Waals surface area contributed by atoms with E-state index in [0.717, 1.165) is 15.3 Å². The van der Waals surface area contributed by atoms with Gasteiger partial charge >= 0.3 is 0 Å². The van der Waals surface area contributed by atoms with Gasteiger partial charge in [0.25, 0.3) is 0 Å². The van der Waals surface area contributed by atoms with Gasteiger partial charge in [-0.3, -0.25) is 0 Å². The lowest BCUT2D eigenvalue weighted by molar-refractivity contribution is 0.580. The van der Waals surface area contributed by atoms with Crippen LogP contribution in [0.15, 0.2) is 81.1 Å². The van der Waals surface area contributed by atoms with Crippen LogP contribution in [-0.2, 0) is 22.2 Å². The summed E-state index contributed by atoms with van der Waals surface area (Å²) in [4.78, 5) is 0.237. The van der Waals surface area contributed by atoms with Crippen molar-refractivity contribution in [1.29, 1.82) is 0 Å². The number of halogens is 1. The third-order valence-electron chi connectivity index (χ3n) is 4.30. The van der Waals surface area contributed by atoms with E-state index in [2.05, 4.69) is 48.1 Å². The van der Waals surface area contributed by atoms with Crippen molar-refractivity contribution in [3.05, 3.63) is 82.6 Å². The molecular weight excluding hydrogens is 486 g/mol. The summed E-state index contributed by atoms with van der Waals surface area (Å²) in [6.07, 6.45) is 0.376. The lowest BCUT2D eigenvalue weighted by atomic mass is 10.2. The smallest absolute Gasteiger partial charge is 0.211 e. The van der Waals surface area contributed by atoms with E-state index in [1.165, 1.54) is 5.56 Å². The van der Waals surface area contributed by atoms with Crippen LogP contribution in [0.3, 0.4) is 0 Å². The zero-order valence-corrected chi connectivity index (χ0v) is 19.0. The highest BCUT2D eigenvalue weighted by Gasteiger charge is 2.14. The normalized spacial score (nSPS) is 11.8. The van der Waals surface area contributed by atoms with Crippen LogP contribution in [0.5, 0.6) is 0 Å². The number of nitrogens with zero attached hydrogens (tertiary/aromatic N) is 4. The molecule has 0 atom stereocenters. The first-order valence-electron chi connectivity index (χ1n) is 9.14. The Bertz CT molecular complexity index is 1250. The van der Waals surface area contributed by atoms with Crippen molar-refractivity contribution in [2.75, 3.05) is 6.54 Å². The van der Waals surface area contributed by atoms with Crippen molar-refractivity contribution in [2.24, 2.45) is 0 Å². The average Bonchev–Trinajstić information content (AvgIpc) is 3.16. The van der Waals surface area contributed by atoms with E-state index in [1.54, 1.807) is 46.6 Å². The first-order chi connectivity index (χ1) is 14.5. The van der Waals surface area contributed by atoms with Gasteiger partial charge in [0, 0.05) is 23.2 Å². The maximum absolute atomic E-state index is 12.3. The van der Waals surface area contributed by atoms with Gasteiger partial charge < -0.3 is 0 Å². The Morgan fingerprint density at radius 1 is 0.967 bits per heavy atom. The van der Waals surface area contributed by atoms with Gasteiger partial charge in [0.05, 0.1) is 4.90 Å². The van der Waals surface area contributed by atoms with Crippen molar-refractivity contribution in [2.45, 2.75) is 22.1 Å². The molecule has 0 bridgehead atoms. The van der Waals surface area contributed by atoms with Gasteiger partial charge in [-0.05, 0) is 42.0 Å². The van der Waals surface area contributed by atoms with Crippen LogP contribution in [0.4, 0.5) is 0 Å². The molecular formula is C20H18BrN5O2S2. The number of hydrogen-bond donors (Lipinski definition) is 1. The van der Waals surface area contributed by atoms with Crippen LogP contribution in [-0.4, -0.2) is 34.8 Å². The van der Waals surface area contributed by atoms with Crippen molar-refractivity contribution >= 4 is 43.4 Å². The van der Waals surface area contributed by atoms with Gasteiger partial charge in [-0.15, -0.1) is 10.2 Å². The number of hydrogen-bond acceptors (Lipinski definition) is 6. The number of aromatic nitrogens is 4. The number of thioether (sulfide) groups is 1. The molecule has 10 heteroatoms. The fourth-order valence-corrected chi connectivity index (χ4v) is 4.90. The lowest BCUT2D eigenvalue weighted by Gasteiger charge is -2.06. The standard InChI is InChI=1S/C20H18BrN5O2S2/c21-16-8-6-15(7-9-16)14-29-20-11-10-18-23-24-19(26(18)25-20)12-13-22-30(27,28)17-4-2-1-3-5-17/h1-11,22H,12-14H2. The van der Waals surface area contributed by atoms with Gasteiger partial charge in [-0.2, -0.15) is 9.61 Å². The Labute approximate surface area is 187 Å². The number of rotatable bonds is 8. The predicted molar refractivity (Wildman–Crippen MR) is 120 cm³/mol. The molecule has 0 saturated heterocycles. The molecule has 0 radical (unpaired) electrons. The van der Waals surface area contributed by atoms with Crippen molar-refractivity contribution in [1.82, 2.24) is 24.5 Å². The van der Waals surface area contributed by atoms with Crippen LogP contribution < -0.4 is 4.72 Å². The number of nitrogens with one attached hydrogen (secondary N) is 1. The quantitative estimate of drug-likeness (QED) is 0.368. The van der Waals surface area contributed by atoms with E-state index >= 15 is 0 Å². The Morgan fingerprint density at radius 2 is 1.73 bits per heavy atom. The fraction of sp³-hybridized carbons (Fsp3) is 0.150. The van der Waals surface area contributed by atoms with E-state index in [4.69, 9.17) is 0 Å². The highest BCUT2D eigenvalue weighted by molar-refractivity contribution is 9.10. The highest BCUT2D eigenvalue weighted by atomic mass is 79.9. The molecule has 0 amide bonds. The summed E-state index contributed by atoms with van der Waals surface area (Å²) < 4.78 is 30.0. The summed E-state index contributed by atoms with van der Waals surface area (Å²) in [6.45, 7) is 0.204. The molecule has 0 spiro atoms. The van der Waals surface area contributed by atoms with Gasteiger partial charge in [0.15, 0.2) is 11.5 Å². The summed E-state index contributed by atoms with van der Waals surface area (Å²) >= 11 is 5.06. The average molecular weight is 504 g/mol. The van der Waals surface area contributed by atoms with Crippen LogP contribution >= 0.6 is 27.7 Å². The minimum absolute atomic E-state index is 0.204. The number of benzene rings is 2. The van der Waals surface area contributed by atoms with E-state index in [1.807, 2.05) is 24.3 Å². The molecule has 1 N–H and O–H groups in total. The van der Waals surface area contributed by atoms with Crippen molar-refractivity contribution in [3.63, 3.8) is 0 Å². The van der Waals surface area contributed by atoms with Crippen molar-refractivity contribution in [3.8, 4) is 0 Å². The number of sulfonamides is 1. The first-order valence-corrected chi connectivity index (χ1v) is 12.4. The molecule has 2 aromatic carbocycles. The summed E-state index contributed by atoms with van der Waals surface area (Å²) in [7, 11) is -3.55. The molecule has 0 unspecified atom stereocenters. The number of fused-ring (bicyclic) bond motifs is 1.